The largest absolute Gasteiger partial charge is 0.355 e. The molecule has 0 radical (unpaired) electrons. The lowest BCUT2D eigenvalue weighted by atomic mass is 9.84. The van der Waals surface area contributed by atoms with E-state index in [2.05, 4.69) is 13.8 Å². The van der Waals surface area contributed by atoms with E-state index in [9.17, 15) is 0 Å². The molecule has 1 rings (SSSR count). The monoisotopic (exact) mass is 174 g/mol. The van der Waals surface area contributed by atoms with Crippen LogP contribution in [0.25, 0.3) is 0 Å². The molecule has 1 aliphatic rings. The molecule has 0 aliphatic carbocycles. The van der Waals surface area contributed by atoms with Crippen molar-refractivity contribution in [3.63, 3.8) is 0 Å². The lowest BCUT2D eigenvalue weighted by Crippen LogP contribution is -2.36. The van der Waals surface area contributed by atoms with Gasteiger partial charge in [0.25, 0.3) is 0 Å². The predicted octanol–water partition coefficient (Wildman–Crippen LogP) is 2.82. The summed E-state index contributed by atoms with van der Waals surface area (Å²) in [6.45, 7) is 10.6. The molecule has 74 valence electrons. The third-order valence-corrected chi connectivity index (χ3v) is 2.48. The number of hydrogen-bond acceptors (Lipinski definition) is 2. The van der Waals surface area contributed by atoms with Gasteiger partial charge in [0, 0.05) is 5.41 Å². The fourth-order valence-corrected chi connectivity index (χ4v) is 1.28. The molecule has 12 heavy (non-hydrogen) atoms. The van der Waals surface area contributed by atoms with E-state index in [0.29, 0.717) is 12.2 Å². The van der Waals surface area contributed by atoms with Crippen molar-refractivity contribution < 1.29 is 9.47 Å². The van der Waals surface area contributed by atoms with E-state index in [-0.39, 0.29) is 0 Å². The van der Waals surface area contributed by atoms with Crippen LogP contribution >= 0.6 is 0 Å². The third kappa shape index (κ3) is 3.11. The van der Waals surface area contributed by atoms with Gasteiger partial charge in [0.15, 0.2) is 0 Å². The number of hydrogen-bond donors (Lipinski definition) is 0. The molecule has 1 aliphatic heterocycles. The standard InChI is InChI=1S/C8H16O2.C2H6/c1-3-8(4-2)5-9-7-10-6-8;1-2/h3-7H2,1-2H3;1-2H3. The molecule has 0 amide bonds. The highest BCUT2D eigenvalue weighted by atomic mass is 16.7. The lowest BCUT2D eigenvalue weighted by molar-refractivity contribution is -0.166. The Labute approximate surface area is 76.3 Å². The average molecular weight is 174 g/mol. The maximum absolute atomic E-state index is 5.24. The Bertz CT molecular complexity index is 90.0. The fourth-order valence-electron chi connectivity index (χ4n) is 1.28. The van der Waals surface area contributed by atoms with Crippen molar-refractivity contribution in [3.05, 3.63) is 0 Å². The summed E-state index contributed by atoms with van der Waals surface area (Å²) in [5, 5.41) is 0. The van der Waals surface area contributed by atoms with Gasteiger partial charge >= 0.3 is 0 Å². The van der Waals surface area contributed by atoms with Crippen LogP contribution in [0.3, 0.4) is 0 Å². The van der Waals surface area contributed by atoms with Gasteiger partial charge in [-0.2, -0.15) is 0 Å². The highest BCUT2D eigenvalue weighted by Crippen LogP contribution is 2.29. The van der Waals surface area contributed by atoms with Gasteiger partial charge in [-0.25, -0.2) is 0 Å². The highest BCUT2D eigenvalue weighted by Gasteiger charge is 2.29. The maximum atomic E-state index is 5.24. The molecule has 2 nitrogen and oxygen atoms in total. The molecule has 0 aromatic heterocycles. The molecule has 0 saturated carbocycles. The fraction of sp³-hybridized carbons (Fsp3) is 1.00. The molecular weight excluding hydrogens is 152 g/mol. The average Bonchev–Trinajstić information content (AvgIpc) is 2.22. The van der Waals surface area contributed by atoms with Crippen molar-refractivity contribution in [1.82, 2.24) is 0 Å². The molecule has 1 saturated heterocycles. The van der Waals surface area contributed by atoms with Gasteiger partial charge in [-0.05, 0) is 12.8 Å². The second-order valence-corrected chi connectivity index (χ2v) is 3.02. The van der Waals surface area contributed by atoms with Crippen LogP contribution in [0.15, 0.2) is 0 Å². The van der Waals surface area contributed by atoms with E-state index in [4.69, 9.17) is 9.47 Å². The van der Waals surface area contributed by atoms with Gasteiger partial charge in [-0.15, -0.1) is 0 Å². The second-order valence-electron chi connectivity index (χ2n) is 3.02. The van der Waals surface area contributed by atoms with Crippen LogP contribution < -0.4 is 0 Å². The minimum atomic E-state index is 0.318. The summed E-state index contributed by atoms with van der Waals surface area (Å²) in [4.78, 5) is 0. The molecule has 0 aromatic rings. The van der Waals surface area contributed by atoms with Crippen molar-refractivity contribution in [1.29, 1.82) is 0 Å². The second kappa shape index (κ2) is 6.44. The van der Waals surface area contributed by atoms with Crippen molar-refractivity contribution in [2.45, 2.75) is 40.5 Å². The Balaban J connectivity index is 0.000000561. The molecule has 2 heteroatoms. The summed E-state index contributed by atoms with van der Waals surface area (Å²) in [5.41, 5.74) is 0.318. The molecule has 0 bridgehead atoms. The first kappa shape index (κ1) is 11.9. The van der Waals surface area contributed by atoms with Gasteiger partial charge in [-0.1, -0.05) is 27.7 Å². The molecule has 1 fully saturated rings. The minimum absolute atomic E-state index is 0.318. The summed E-state index contributed by atoms with van der Waals surface area (Å²) < 4.78 is 10.5. The Hall–Kier alpha value is -0.0800. The molecule has 0 spiro atoms. The van der Waals surface area contributed by atoms with Gasteiger partial charge in [0.1, 0.15) is 6.79 Å². The topological polar surface area (TPSA) is 18.5 Å². The first-order valence-electron chi connectivity index (χ1n) is 4.98. The Morgan fingerprint density at radius 1 is 1.00 bits per heavy atom. The predicted molar refractivity (Wildman–Crippen MR) is 51.1 cm³/mol. The van der Waals surface area contributed by atoms with Crippen molar-refractivity contribution in [3.8, 4) is 0 Å². The van der Waals surface area contributed by atoms with Crippen LogP contribution in [0.4, 0.5) is 0 Å². The van der Waals surface area contributed by atoms with Gasteiger partial charge < -0.3 is 9.47 Å². The Kier molecular flexibility index (Phi) is 6.39. The smallest absolute Gasteiger partial charge is 0.146 e. The third-order valence-electron chi connectivity index (χ3n) is 2.48. The van der Waals surface area contributed by atoms with Crippen molar-refractivity contribution >= 4 is 0 Å². The lowest BCUT2D eigenvalue weighted by Gasteiger charge is -2.34. The Morgan fingerprint density at radius 2 is 1.42 bits per heavy atom. The maximum Gasteiger partial charge on any atom is 0.146 e. The van der Waals surface area contributed by atoms with E-state index in [1.165, 1.54) is 0 Å². The van der Waals surface area contributed by atoms with Crippen LogP contribution in [0.2, 0.25) is 0 Å². The van der Waals surface area contributed by atoms with Crippen molar-refractivity contribution in [2.75, 3.05) is 20.0 Å². The van der Waals surface area contributed by atoms with Gasteiger partial charge in [-0.3, -0.25) is 0 Å². The van der Waals surface area contributed by atoms with Crippen molar-refractivity contribution in [2.24, 2.45) is 5.41 Å². The summed E-state index contributed by atoms with van der Waals surface area (Å²) >= 11 is 0. The summed E-state index contributed by atoms with van der Waals surface area (Å²) in [6.07, 6.45) is 2.31. The summed E-state index contributed by atoms with van der Waals surface area (Å²) in [6, 6.07) is 0. The van der Waals surface area contributed by atoms with E-state index in [0.717, 1.165) is 26.1 Å². The zero-order chi connectivity index (χ0) is 9.45. The molecule has 0 N–H and O–H groups in total. The summed E-state index contributed by atoms with van der Waals surface area (Å²) in [7, 11) is 0. The molecule has 0 unspecified atom stereocenters. The van der Waals surface area contributed by atoms with E-state index in [1.54, 1.807) is 0 Å². The van der Waals surface area contributed by atoms with Gasteiger partial charge in [0.2, 0.25) is 0 Å². The highest BCUT2D eigenvalue weighted by molar-refractivity contribution is 4.76. The molecule has 0 atom stereocenters. The number of ether oxygens (including phenoxy) is 2. The Morgan fingerprint density at radius 3 is 1.67 bits per heavy atom. The quantitative estimate of drug-likeness (QED) is 0.641. The van der Waals surface area contributed by atoms with Crippen LogP contribution in [0.5, 0.6) is 0 Å². The number of rotatable bonds is 2. The zero-order valence-corrected chi connectivity index (χ0v) is 8.85. The first-order chi connectivity index (χ1) is 5.83. The van der Waals surface area contributed by atoms with E-state index >= 15 is 0 Å². The van der Waals surface area contributed by atoms with E-state index < -0.39 is 0 Å². The van der Waals surface area contributed by atoms with Crippen LogP contribution in [-0.4, -0.2) is 20.0 Å². The summed E-state index contributed by atoms with van der Waals surface area (Å²) in [5.74, 6) is 0. The molecule has 1 heterocycles. The van der Waals surface area contributed by atoms with Gasteiger partial charge in [0.05, 0.1) is 13.2 Å². The minimum Gasteiger partial charge on any atom is -0.355 e. The molecular formula is C10H22O2. The SMILES string of the molecule is CC.CCC1(CC)COCOC1. The van der Waals surface area contributed by atoms with Crippen LogP contribution in [0.1, 0.15) is 40.5 Å². The zero-order valence-electron chi connectivity index (χ0n) is 8.85. The van der Waals surface area contributed by atoms with Crippen LogP contribution in [-0.2, 0) is 9.47 Å². The molecule has 0 aromatic carbocycles. The first-order valence-corrected chi connectivity index (χ1v) is 4.98. The normalized spacial score (nSPS) is 21.0. The van der Waals surface area contributed by atoms with Crippen LogP contribution in [0, 0.1) is 5.41 Å². The van der Waals surface area contributed by atoms with E-state index in [1.807, 2.05) is 13.8 Å².